The third-order valence-corrected chi connectivity index (χ3v) is 4.88. The Bertz CT molecular complexity index is 766. The second-order valence-electron chi connectivity index (χ2n) is 6.54. The maximum absolute atomic E-state index is 5.95. The van der Waals surface area contributed by atoms with Gasteiger partial charge in [-0.1, -0.05) is 42.5 Å². The highest BCUT2D eigenvalue weighted by Gasteiger charge is 2.23. The number of para-hydroxylation sites is 2. The van der Waals surface area contributed by atoms with E-state index in [0.29, 0.717) is 6.04 Å². The van der Waals surface area contributed by atoms with Gasteiger partial charge in [0.25, 0.3) is 6.01 Å². The van der Waals surface area contributed by atoms with E-state index in [9.17, 15) is 0 Å². The van der Waals surface area contributed by atoms with Crippen LogP contribution in [0.3, 0.4) is 0 Å². The lowest BCUT2D eigenvalue weighted by atomic mass is 10.1. The first kappa shape index (κ1) is 15.2. The highest BCUT2D eigenvalue weighted by molar-refractivity contribution is 5.74. The minimum absolute atomic E-state index is 0.555. The Morgan fingerprint density at radius 3 is 2.62 bits per heavy atom. The van der Waals surface area contributed by atoms with E-state index in [2.05, 4.69) is 52.0 Å². The topological polar surface area (TPSA) is 32.5 Å². The van der Waals surface area contributed by atoms with Gasteiger partial charge in [0.05, 0.1) is 0 Å². The molecule has 124 valence electrons. The summed E-state index contributed by atoms with van der Waals surface area (Å²) in [6.07, 6.45) is 1.12. The van der Waals surface area contributed by atoms with E-state index >= 15 is 0 Å². The molecule has 2 aromatic carbocycles. The van der Waals surface area contributed by atoms with Crippen molar-refractivity contribution in [3.05, 3.63) is 60.2 Å². The molecule has 1 unspecified atom stereocenters. The number of aromatic nitrogens is 1. The number of hydrogen-bond donors (Lipinski definition) is 0. The van der Waals surface area contributed by atoms with Crippen molar-refractivity contribution in [1.82, 2.24) is 9.88 Å². The van der Waals surface area contributed by atoms with Gasteiger partial charge in [0.1, 0.15) is 5.52 Å². The standard InChI is InChI=1S/C20H23N3O/c1-16-11-12-22(20-21-18-9-5-6-10-19(18)24-20)13-14-23(16)15-17-7-3-2-4-8-17/h2-10,16H,11-15H2,1H3. The molecule has 0 saturated carbocycles. The van der Waals surface area contributed by atoms with Gasteiger partial charge in [-0.15, -0.1) is 0 Å². The van der Waals surface area contributed by atoms with Crippen molar-refractivity contribution in [2.45, 2.75) is 25.9 Å². The number of rotatable bonds is 3. The molecule has 0 radical (unpaired) electrons. The molecule has 0 N–H and O–H groups in total. The molecule has 4 rings (SSSR count). The van der Waals surface area contributed by atoms with E-state index in [1.165, 1.54) is 5.56 Å². The summed E-state index contributed by atoms with van der Waals surface area (Å²) in [6.45, 7) is 6.28. The molecule has 4 nitrogen and oxygen atoms in total. The van der Waals surface area contributed by atoms with Gasteiger partial charge in [-0.3, -0.25) is 4.90 Å². The van der Waals surface area contributed by atoms with E-state index < -0.39 is 0 Å². The van der Waals surface area contributed by atoms with Gasteiger partial charge in [-0.25, -0.2) is 0 Å². The summed E-state index contributed by atoms with van der Waals surface area (Å²) < 4.78 is 5.95. The number of nitrogens with zero attached hydrogens (tertiary/aromatic N) is 3. The first-order valence-electron chi connectivity index (χ1n) is 8.68. The van der Waals surface area contributed by atoms with Crippen molar-refractivity contribution in [3.63, 3.8) is 0 Å². The first-order chi connectivity index (χ1) is 11.8. The lowest BCUT2D eigenvalue weighted by Crippen LogP contribution is -2.34. The fourth-order valence-corrected chi connectivity index (χ4v) is 3.35. The van der Waals surface area contributed by atoms with Crippen LogP contribution in [0.1, 0.15) is 18.9 Å². The lowest BCUT2D eigenvalue weighted by Gasteiger charge is -2.26. The van der Waals surface area contributed by atoms with Crippen LogP contribution in [0.15, 0.2) is 59.0 Å². The van der Waals surface area contributed by atoms with E-state index in [1.54, 1.807) is 0 Å². The van der Waals surface area contributed by atoms with Gasteiger partial charge in [0.15, 0.2) is 5.58 Å². The molecule has 4 heteroatoms. The molecule has 1 atom stereocenters. The van der Waals surface area contributed by atoms with Crippen LogP contribution in [0.4, 0.5) is 6.01 Å². The van der Waals surface area contributed by atoms with Gasteiger partial charge in [-0.2, -0.15) is 4.98 Å². The Labute approximate surface area is 142 Å². The Morgan fingerprint density at radius 1 is 1.00 bits per heavy atom. The Kier molecular flexibility index (Phi) is 4.22. The molecule has 2 heterocycles. The number of anilines is 1. The second-order valence-corrected chi connectivity index (χ2v) is 6.54. The van der Waals surface area contributed by atoms with Crippen LogP contribution in [0.2, 0.25) is 0 Å². The minimum Gasteiger partial charge on any atom is -0.423 e. The van der Waals surface area contributed by atoms with E-state index in [-0.39, 0.29) is 0 Å². The van der Waals surface area contributed by atoms with Gasteiger partial charge < -0.3 is 9.32 Å². The molecule has 24 heavy (non-hydrogen) atoms. The predicted octanol–water partition coefficient (Wildman–Crippen LogP) is 3.93. The normalized spacial score (nSPS) is 19.5. The number of fused-ring (bicyclic) bond motifs is 1. The predicted molar refractivity (Wildman–Crippen MR) is 97.2 cm³/mol. The van der Waals surface area contributed by atoms with Crippen LogP contribution in [0.25, 0.3) is 11.1 Å². The van der Waals surface area contributed by atoms with Crippen LogP contribution >= 0.6 is 0 Å². The Morgan fingerprint density at radius 2 is 1.79 bits per heavy atom. The molecular formula is C20H23N3O. The van der Waals surface area contributed by atoms with Crippen LogP contribution in [0, 0.1) is 0 Å². The van der Waals surface area contributed by atoms with E-state index in [1.807, 2.05) is 24.3 Å². The largest absolute Gasteiger partial charge is 0.423 e. The highest BCUT2D eigenvalue weighted by atomic mass is 16.4. The third kappa shape index (κ3) is 3.15. The highest BCUT2D eigenvalue weighted by Crippen LogP contribution is 2.24. The molecule has 0 amide bonds. The second kappa shape index (κ2) is 6.65. The monoisotopic (exact) mass is 321 g/mol. The average Bonchev–Trinajstić information content (AvgIpc) is 2.96. The average molecular weight is 321 g/mol. The molecule has 1 aromatic heterocycles. The molecule has 1 fully saturated rings. The van der Waals surface area contributed by atoms with Crippen LogP contribution < -0.4 is 4.90 Å². The van der Waals surface area contributed by atoms with Crippen molar-refractivity contribution in [2.75, 3.05) is 24.5 Å². The summed E-state index contributed by atoms with van der Waals surface area (Å²) in [5, 5.41) is 0. The van der Waals surface area contributed by atoms with E-state index in [0.717, 1.165) is 49.7 Å². The molecular weight excluding hydrogens is 298 g/mol. The Hall–Kier alpha value is -2.33. The summed E-state index contributed by atoms with van der Waals surface area (Å²) in [5.74, 6) is 0. The fraction of sp³-hybridized carbons (Fsp3) is 0.350. The molecule has 1 aliphatic heterocycles. The van der Waals surface area contributed by atoms with Gasteiger partial charge >= 0.3 is 0 Å². The Balaban J connectivity index is 1.48. The van der Waals surface area contributed by atoms with Crippen molar-refractivity contribution in [1.29, 1.82) is 0 Å². The summed E-state index contributed by atoms with van der Waals surface area (Å²) in [6, 6.07) is 20.0. The molecule has 1 aliphatic rings. The number of benzene rings is 2. The quantitative estimate of drug-likeness (QED) is 0.732. The molecule has 1 saturated heterocycles. The lowest BCUT2D eigenvalue weighted by molar-refractivity contribution is 0.211. The van der Waals surface area contributed by atoms with Gasteiger partial charge in [0.2, 0.25) is 0 Å². The number of hydrogen-bond acceptors (Lipinski definition) is 4. The fourth-order valence-electron chi connectivity index (χ4n) is 3.35. The SMILES string of the molecule is CC1CCN(c2nc3ccccc3o2)CCN1Cc1ccccc1. The van der Waals surface area contributed by atoms with E-state index in [4.69, 9.17) is 4.42 Å². The maximum Gasteiger partial charge on any atom is 0.298 e. The van der Waals surface area contributed by atoms with Crippen molar-refractivity contribution < 1.29 is 4.42 Å². The third-order valence-electron chi connectivity index (χ3n) is 4.88. The van der Waals surface area contributed by atoms with Crippen LogP contribution in [0.5, 0.6) is 0 Å². The summed E-state index contributed by atoms with van der Waals surface area (Å²) in [5.41, 5.74) is 3.18. The van der Waals surface area contributed by atoms with Crippen LogP contribution in [-0.4, -0.2) is 35.6 Å². The van der Waals surface area contributed by atoms with Crippen molar-refractivity contribution in [3.8, 4) is 0 Å². The molecule has 0 aliphatic carbocycles. The minimum atomic E-state index is 0.555. The zero-order chi connectivity index (χ0) is 16.4. The molecule has 0 spiro atoms. The zero-order valence-corrected chi connectivity index (χ0v) is 14.1. The zero-order valence-electron chi connectivity index (χ0n) is 14.1. The smallest absolute Gasteiger partial charge is 0.298 e. The molecule has 3 aromatic rings. The van der Waals surface area contributed by atoms with Crippen molar-refractivity contribution in [2.24, 2.45) is 0 Å². The van der Waals surface area contributed by atoms with Gasteiger partial charge in [-0.05, 0) is 31.0 Å². The summed E-state index contributed by atoms with van der Waals surface area (Å²) in [7, 11) is 0. The molecule has 0 bridgehead atoms. The van der Waals surface area contributed by atoms with Gasteiger partial charge in [0, 0.05) is 32.2 Å². The maximum atomic E-state index is 5.95. The summed E-state index contributed by atoms with van der Waals surface area (Å²) >= 11 is 0. The van der Waals surface area contributed by atoms with Crippen molar-refractivity contribution >= 4 is 17.1 Å². The number of oxazole rings is 1. The first-order valence-corrected chi connectivity index (χ1v) is 8.68. The summed E-state index contributed by atoms with van der Waals surface area (Å²) in [4.78, 5) is 9.49. The van der Waals surface area contributed by atoms with Crippen LogP contribution in [-0.2, 0) is 6.54 Å².